The fraction of sp³-hybridized carbons (Fsp3) is 0.850. The smallest absolute Gasteiger partial charge is 0.412 e. The molecule has 0 aromatic carbocycles. The summed E-state index contributed by atoms with van der Waals surface area (Å²) in [6.07, 6.45) is 3.70. The number of carbonyl (C=O) groups excluding carboxylic acids is 3. The summed E-state index contributed by atoms with van der Waals surface area (Å²) in [5, 5.41) is 2.38. The van der Waals surface area contributed by atoms with Gasteiger partial charge in [-0.1, -0.05) is 19.8 Å². The molecule has 0 aliphatic carbocycles. The Labute approximate surface area is 169 Å². The minimum Gasteiger partial charge on any atom is -0.444 e. The first-order chi connectivity index (χ1) is 12.9. The molecule has 2 rings (SSSR count). The zero-order valence-electron chi connectivity index (χ0n) is 18.2. The number of imide groups is 1. The standard InChI is InChI=1S/C20H36N2O5Si/c1-7-8-12-28(5,6)27-20(14-15-13-16(23)21-17(15)24)10-9-11-22(20)18(25)26-19(2,3)4/h15H,7-14H2,1-6H3,(H,21,23,24). The van der Waals surface area contributed by atoms with E-state index in [1.54, 1.807) is 4.90 Å². The minimum atomic E-state index is -2.08. The lowest BCUT2D eigenvalue weighted by Crippen LogP contribution is -2.56. The van der Waals surface area contributed by atoms with Crippen molar-refractivity contribution in [3.05, 3.63) is 0 Å². The van der Waals surface area contributed by atoms with Crippen LogP contribution in [0.2, 0.25) is 19.1 Å². The summed E-state index contributed by atoms with van der Waals surface area (Å²) in [6, 6.07) is 0.989. The molecule has 2 aliphatic heterocycles. The van der Waals surface area contributed by atoms with Crippen LogP contribution >= 0.6 is 0 Å². The summed E-state index contributed by atoms with van der Waals surface area (Å²) in [6.45, 7) is 12.5. The van der Waals surface area contributed by atoms with Crippen LogP contribution in [0.5, 0.6) is 0 Å². The third-order valence-corrected chi connectivity index (χ3v) is 7.77. The van der Waals surface area contributed by atoms with E-state index in [-0.39, 0.29) is 18.2 Å². The second-order valence-electron chi connectivity index (χ2n) is 9.66. The first kappa shape index (κ1) is 22.9. The van der Waals surface area contributed by atoms with Crippen molar-refractivity contribution in [3.8, 4) is 0 Å². The van der Waals surface area contributed by atoms with Gasteiger partial charge in [0.25, 0.3) is 0 Å². The van der Waals surface area contributed by atoms with Gasteiger partial charge in [-0.2, -0.15) is 0 Å². The number of ether oxygens (including phenoxy) is 1. The van der Waals surface area contributed by atoms with E-state index in [0.29, 0.717) is 19.4 Å². The molecule has 0 spiro atoms. The van der Waals surface area contributed by atoms with Gasteiger partial charge in [-0.3, -0.25) is 19.8 Å². The molecule has 0 aromatic rings. The third kappa shape index (κ3) is 5.79. The normalized spacial score (nSPS) is 25.9. The van der Waals surface area contributed by atoms with Gasteiger partial charge in [-0.05, 0) is 52.8 Å². The predicted octanol–water partition coefficient (Wildman–Crippen LogP) is 3.79. The van der Waals surface area contributed by atoms with E-state index in [1.165, 1.54) is 0 Å². The highest BCUT2D eigenvalue weighted by Gasteiger charge is 2.52. The Morgan fingerprint density at radius 1 is 1.32 bits per heavy atom. The van der Waals surface area contributed by atoms with Crippen molar-refractivity contribution in [1.29, 1.82) is 0 Å². The molecule has 0 aromatic heterocycles. The fourth-order valence-electron chi connectivity index (χ4n) is 4.11. The molecule has 0 radical (unpaired) electrons. The summed E-state index contributed by atoms with van der Waals surface area (Å²) < 4.78 is 12.4. The molecular weight excluding hydrogens is 376 g/mol. The molecule has 3 amide bonds. The summed E-state index contributed by atoms with van der Waals surface area (Å²) in [5.74, 6) is -0.988. The molecule has 2 saturated heterocycles. The lowest BCUT2D eigenvalue weighted by atomic mass is 9.94. The van der Waals surface area contributed by atoms with Gasteiger partial charge >= 0.3 is 6.09 Å². The van der Waals surface area contributed by atoms with Crippen LogP contribution in [0.15, 0.2) is 0 Å². The molecular formula is C20H36N2O5Si. The number of amides is 3. The van der Waals surface area contributed by atoms with E-state index in [9.17, 15) is 14.4 Å². The van der Waals surface area contributed by atoms with E-state index in [4.69, 9.17) is 9.16 Å². The van der Waals surface area contributed by atoms with Crippen LogP contribution in [-0.2, 0) is 18.8 Å². The molecule has 2 fully saturated rings. The van der Waals surface area contributed by atoms with Crippen LogP contribution in [-0.4, -0.2) is 49.0 Å². The maximum absolute atomic E-state index is 13.0. The Hall–Kier alpha value is -1.41. The second-order valence-corrected chi connectivity index (χ2v) is 13.9. The lowest BCUT2D eigenvalue weighted by molar-refractivity contribution is -0.129. The maximum Gasteiger partial charge on any atom is 0.412 e. The van der Waals surface area contributed by atoms with E-state index < -0.39 is 31.7 Å². The first-order valence-corrected chi connectivity index (χ1v) is 13.5. The molecule has 2 heterocycles. The number of unbranched alkanes of at least 4 members (excludes halogenated alkanes) is 1. The summed E-state index contributed by atoms with van der Waals surface area (Å²) in [7, 11) is -2.08. The zero-order valence-corrected chi connectivity index (χ0v) is 19.2. The minimum absolute atomic E-state index is 0.156. The Morgan fingerprint density at radius 3 is 2.54 bits per heavy atom. The molecule has 2 atom stereocenters. The molecule has 1 N–H and O–H groups in total. The number of hydrogen-bond acceptors (Lipinski definition) is 5. The SMILES string of the molecule is CCCC[Si](C)(C)OC1(CC2CC(=O)NC2=O)CCCN1C(=O)OC(C)(C)C. The number of nitrogens with zero attached hydrogens (tertiary/aromatic N) is 1. The molecule has 2 unspecified atom stereocenters. The fourth-order valence-corrected chi connectivity index (χ4v) is 6.74. The molecule has 8 heteroatoms. The van der Waals surface area contributed by atoms with E-state index in [2.05, 4.69) is 25.3 Å². The maximum atomic E-state index is 13.0. The van der Waals surface area contributed by atoms with Gasteiger partial charge in [0.05, 0.1) is 5.92 Å². The largest absolute Gasteiger partial charge is 0.444 e. The van der Waals surface area contributed by atoms with Gasteiger partial charge in [0.1, 0.15) is 11.3 Å². The Morgan fingerprint density at radius 2 is 2.00 bits per heavy atom. The monoisotopic (exact) mass is 412 g/mol. The number of hydrogen-bond donors (Lipinski definition) is 1. The van der Waals surface area contributed by atoms with Gasteiger partial charge in [-0.25, -0.2) is 4.79 Å². The number of likely N-dealkylation sites (tertiary alicyclic amines) is 1. The molecule has 7 nitrogen and oxygen atoms in total. The van der Waals surface area contributed by atoms with Crippen molar-refractivity contribution in [2.24, 2.45) is 5.92 Å². The van der Waals surface area contributed by atoms with Crippen LogP contribution in [0.4, 0.5) is 4.79 Å². The highest BCUT2D eigenvalue weighted by Crippen LogP contribution is 2.41. The second kappa shape index (κ2) is 8.53. The Bertz CT molecular complexity index is 616. The Kier molecular flexibility index (Phi) is 6.97. The van der Waals surface area contributed by atoms with Crippen LogP contribution in [0, 0.1) is 5.92 Å². The van der Waals surface area contributed by atoms with Crippen LogP contribution in [0.1, 0.15) is 66.2 Å². The molecule has 28 heavy (non-hydrogen) atoms. The van der Waals surface area contributed by atoms with E-state index in [0.717, 1.165) is 25.3 Å². The average molecular weight is 413 g/mol. The molecule has 0 bridgehead atoms. The average Bonchev–Trinajstić information content (AvgIpc) is 3.06. The zero-order chi connectivity index (χ0) is 21.2. The molecule has 2 aliphatic rings. The number of nitrogens with one attached hydrogen (secondary N) is 1. The van der Waals surface area contributed by atoms with Crippen molar-refractivity contribution in [3.63, 3.8) is 0 Å². The van der Waals surface area contributed by atoms with Crippen molar-refractivity contribution >= 4 is 26.2 Å². The van der Waals surface area contributed by atoms with Gasteiger partial charge in [0, 0.05) is 19.4 Å². The topological polar surface area (TPSA) is 84.9 Å². The van der Waals surface area contributed by atoms with Crippen LogP contribution in [0.3, 0.4) is 0 Å². The van der Waals surface area contributed by atoms with Crippen molar-refractivity contribution in [2.75, 3.05) is 6.54 Å². The lowest BCUT2D eigenvalue weighted by Gasteiger charge is -2.44. The molecule has 0 saturated carbocycles. The van der Waals surface area contributed by atoms with E-state index >= 15 is 0 Å². The number of rotatable bonds is 7. The quantitative estimate of drug-likeness (QED) is 0.508. The van der Waals surface area contributed by atoms with Gasteiger partial charge < -0.3 is 9.16 Å². The number of carbonyl (C=O) groups is 3. The summed E-state index contributed by atoms with van der Waals surface area (Å²) >= 11 is 0. The van der Waals surface area contributed by atoms with Gasteiger partial charge in [0.15, 0.2) is 8.32 Å². The van der Waals surface area contributed by atoms with E-state index in [1.807, 2.05) is 20.8 Å². The summed E-state index contributed by atoms with van der Waals surface area (Å²) in [5.41, 5.74) is -1.49. The predicted molar refractivity (Wildman–Crippen MR) is 109 cm³/mol. The molecule has 160 valence electrons. The van der Waals surface area contributed by atoms with Crippen molar-refractivity contribution in [2.45, 2.75) is 96.7 Å². The third-order valence-electron chi connectivity index (χ3n) is 5.28. The van der Waals surface area contributed by atoms with Crippen molar-refractivity contribution in [1.82, 2.24) is 10.2 Å². The van der Waals surface area contributed by atoms with Gasteiger partial charge in [0.2, 0.25) is 11.8 Å². The first-order valence-electron chi connectivity index (χ1n) is 10.4. The van der Waals surface area contributed by atoms with Gasteiger partial charge in [-0.15, -0.1) is 0 Å². The summed E-state index contributed by atoms with van der Waals surface area (Å²) in [4.78, 5) is 38.6. The highest BCUT2D eigenvalue weighted by molar-refractivity contribution is 6.71. The van der Waals surface area contributed by atoms with Crippen LogP contribution < -0.4 is 5.32 Å². The Balaban J connectivity index is 2.30. The van der Waals surface area contributed by atoms with Crippen molar-refractivity contribution < 1.29 is 23.5 Å². The van der Waals surface area contributed by atoms with Crippen LogP contribution in [0.25, 0.3) is 0 Å². The highest BCUT2D eigenvalue weighted by atomic mass is 28.4.